The Morgan fingerprint density at radius 1 is 1.15 bits per heavy atom. The average Bonchev–Trinajstić information content (AvgIpc) is 3.19. The fourth-order valence-corrected chi connectivity index (χ4v) is 3.04. The van der Waals surface area contributed by atoms with Crippen molar-refractivity contribution in [2.45, 2.75) is 20.4 Å². The van der Waals surface area contributed by atoms with Gasteiger partial charge in [-0.3, -0.25) is 0 Å². The third kappa shape index (κ3) is 3.11. The van der Waals surface area contributed by atoms with Crippen molar-refractivity contribution in [1.82, 2.24) is 14.5 Å². The molecule has 6 nitrogen and oxygen atoms in total. The molecule has 3 aromatic heterocycles. The SMILES string of the molecule is Cc1c(C)n(Cc2ccco2)c2ncnc(Nc3cccc(O)c3)c12.Cl. The van der Waals surface area contributed by atoms with Crippen molar-refractivity contribution in [1.29, 1.82) is 0 Å². The maximum atomic E-state index is 9.66. The normalized spacial score (nSPS) is 10.7. The topological polar surface area (TPSA) is 76.1 Å². The van der Waals surface area contributed by atoms with E-state index in [9.17, 15) is 5.11 Å². The molecule has 4 rings (SSSR count). The molecule has 0 unspecified atom stereocenters. The molecule has 0 atom stereocenters. The minimum Gasteiger partial charge on any atom is -0.508 e. The molecule has 4 aromatic rings. The average molecular weight is 371 g/mol. The predicted molar refractivity (Wildman–Crippen MR) is 103 cm³/mol. The summed E-state index contributed by atoms with van der Waals surface area (Å²) in [5.74, 6) is 1.80. The van der Waals surface area contributed by atoms with Gasteiger partial charge in [0.25, 0.3) is 0 Å². The second-order valence-electron chi connectivity index (χ2n) is 5.97. The zero-order valence-corrected chi connectivity index (χ0v) is 15.2. The summed E-state index contributed by atoms with van der Waals surface area (Å²) < 4.78 is 7.61. The Hall–Kier alpha value is -2.99. The quantitative estimate of drug-likeness (QED) is 0.550. The molecular formula is C19H19ClN4O2. The Bertz CT molecular complexity index is 1040. The molecule has 0 aliphatic heterocycles. The van der Waals surface area contributed by atoms with Gasteiger partial charge in [0.05, 0.1) is 18.2 Å². The van der Waals surface area contributed by atoms with Crippen LogP contribution in [0.1, 0.15) is 17.0 Å². The number of fused-ring (bicyclic) bond motifs is 1. The van der Waals surface area contributed by atoms with E-state index in [0.717, 1.165) is 39.6 Å². The van der Waals surface area contributed by atoms with Crippen LogP contribution in [0.25, 0.3) is 11.0 Å². The van der Waals surface area contributed by atoms with Crippen LogP contribution in [0.4, 0.5) is 11.5 Å². The fourth-order valence-electron chi connectivity index (χ4n) is 3.04. The van der Waals surface area contributed by atoms with E-state index in [0.29, 0.717) is 6.54 Å². The van der Waals surface area contributed by atoms with Crippen molar-refractivity contribution >= 4 is 34.9 Å². The van der Waals surface area contributed by atoms with E-state index in [1.54, 1.807) is 30.8 Å². The van der Waals surface area contributed by atoms with Crippen LogP contribution in [-0.4, -0.2) is 19.6 Å². The van der Waals surface area contributed by atoms with Gasteiger partial charge in [0.2, 0.25) is 0 Å². The molecular weight excluding hydrogens is 352 g/mol. The first kappa shape index (κ1) is 17.8. The van der Waals surface area contributed by atoms with E-state index in [4.69, 9.17) is 4.42 Å². The van der Waals surface area contributed by atoms with Gasteiger partial charge in [-0.05, 0) is 43.7 Å². The zero-order valence-electron chi connectivity index (χ0n) is 14.4. The maximum absolute atomic E-state index is 9.66. The largest absolute Gasteiger partial charge is 0.508 e. The summed E-state index contributed by atoms with van der Waals surface area (Å²) in [6, 6.07) is 10.8. The van der Waals surface area contributed by atoms with Crippen LogP contribution in [0.3, 0.4) is 0 Å². The van der Waals surface area contributed by atoms with Gasteiger partial charge in [-0.15, -0.1) is 12.4 Å². The van der Waals surface area contributed by atoms with Gasteiger partial charge in [0.15, 0.2) is 0 Å². The molecule has 0 spiro atoms. The first-order valence-electron chi connectivity index (χ1n) is 8.02. The summed E-state index contributed by atoms with van der Waals surface area (Å²) in [7, 11) is 0. The van der Waals surface area contributed by atoms with E-state index in [1.165, 1.54) is 0 Å². The van der Waals surface area contributed by atoms with Crippen molar-refractivity contribution in [3.05, 3.63) is 66.0 Å². The van der Waals surface area contributed by atoms with Gasteiger partial charge in [-0.1, -0.05) is 6.07 Å². The molecule has 134 valence electrons. The molecule has 0 saturated carbocycles. The highest BCUT2D eigenvalue weighted by Gasteiger charge is 2.17. The second-order valence-corrected chi connectivity index (χ2v) is 5.97. The highest BCUT2D eigenvalue weighted by atomic mass is 35.5. The van der Waals surface area contributed by atoms with Gasteiger partial charge >= 0.3 is 0 Å². The highest BCUT2D eigenvalue weighted by molar-refractivity contribution is 5.93. The number of halogens is 1. The van der Waals surface area contributed by atoms with Crippen LogP contribution in [0.15, 0.2) is 53.4 Å². The van der Waals surface area contributed by atoms with E-state index in [-0.39, 0.29) is 18.2 Å². The van der Waals surface area contributed by atoms with Crippen LogP contribution >= 0.6 is 12.4 Å². The van der Waals surface area contributed by atoms with E-state index >= 15 is 0 Å². The number of aromatic nitrogens is 3. The predicted octanol–water partition coefficient (Wildman–Crippen LogP) is 4.56. The number of rotatable bonds is 4. The van der Waals surface area contributed by atoms with Crippen LogP contribution in [0.5, 0.6) is 5.75 Å². The first-order chi connectivity index (χ1) is 12.1. The van der Waals surface area contributed by atoms with Crippen molar-refractivity contribution in [2.75, 3.05) is 5.32 Å². The minimum atomic E-state index is 0. The lowest BCUT2D eigenvalue weighted by Gasteiger charge is -2.08. The van der Waals surface area contributed by atoms with Gasteiger partial charge in [0.1, 0.15) is 29.3 Å². The molecule has 0 fully saturated rings. The fraction of sp³-hybridized carbons (Fsp3) is 0.158. The lowest BCUT2D eigenvalue weighted by atomic mass is 10.2. The molecule has 0 aliphatic carbocycles. The molecule has 2 N–H and O–H groups in total. The Kier molecular flexibility index (Phi) is 4.86. The molecule has 1 aromatic carbocycles. The van der Waals surface area contributed by atoms with Gasteiger partial charge in [0, 0.05) is 17.4 Å². The van der Waals surface area contributed by atoms with Crippen molar-refractivity contribution in [3.8, 4) is 5.75 Å². The third-order valence-electron chi connectivity index (χ3n) is 4.41. The number of furan rings is 1. The number of hydrogen-bond acceptors (Lipinski definition) is 5. The van der Waals surface area contributed by atoms with Crippen LogP contribution in [0.2, 0.25) is 0 Å². The number of nitrogens with zero attached hydrogens (tertiary/aromatic N) is 3. The van der Waals surface area contributed by atoms with Gasteiger partial charge < -0.3 is 19.4 Å². The van der Waals surface area contributed by atoms with Crippen LogP contribution in [0, 0.1) is 13.8 Å². The summed E-state index contributed by atoms with van der Waals surface area (Å²) in [5, 5.41) is 13.9. The summed E-state index contributed by atoms with van der Waals surface area (Å²) in [5.41, 5.74) is 3.86. The maximum Gasteiger partial charge on any atom is 0.146 e. The number of nitrogens with one attached hydrogen (secondary N) is 1. The van der Waals surface area contributed by atoms with Crippen LogP contribution < -0.4 is 5.32 Å². The lowest BCUT2D eigenvalue weighted by Crippen LogP contribution is -2.02. The van der Waals surface area contributed by atoms with Gasteiger partial charge in [-0.25, -0.2) is 9.97 Å². The molecule has 3 heterocycles. The Morgan fingerprint density at radius 2 is 2.00 bits per heavy atom. The minimum absolute atomic E-state index is 0. The third-order valence-corrected chi connectivity index (χ3v) is 4.41. The Balaban J connectivity index is 0.00000196. The van der Waals surface area contributed by atoms with Gasteiger partial charge in [-0.2, -0.15) is 0 Å². The summed E-state index contributed by atoms with van der Waals surface area (Å²) in [6.07, 6.45) is 3.22. The van der Waals surface area contributed by atoms with Crippen molar-refractivity contribution in [2.24, 2.45) is 0 Å². The van der Waals surface area contributed by atoms with E-state index in [1.807, 2.05) is 18.2 Å². The number of anilines is 2. The number of phenolic OH excluding ortho intramolecular Hbond substituents is 1. The molecule has 26 heavy (non-hydrogen) atoms. The molecule has 7 heteroatoms. The molecule has 0 bridgehead atoms. The second kappa shape index (κ2) is 7.09. The molecule has 0 saturated heterocycles. The standard InChI is InChI=1S/C19H18N4O2.ClH/c1-12-13(2)23(10-16-7-4-8-25-16)19-17(12)18(20-11-21-19)22-14-5-3-6-15(24)9-14;/h3-9,11,24H,10H2,1-2H3,(H,20,21,22);1H. The number of aryl methyl sites for hydroxylation is 1. The summed E-state index contributed by atoms with van der Waals surface area (Å²) in [6.45, 7) is 4.75. The van der Waals surface area contributed by atoms with Crippen molar-refractivity contribution in [3.63, 3.8) is 0 Å². The smallest absolute Gasteiger partial charge is 0.146 e. The summed E-state index contributed by atoms with van der Waals surface area (Å²) in [4.78, 5) is 8.89. The molecule has 0 radical (unpaired) electrons. The highest BCUT2D eigenvalue weighted by Crippen LogP contribution is 2.31. The Labute approximate surface area is 156 Å². The number of benzene rings is 1. The number of aromatic hydroxyl groups is 1. The van der Waals surface area contributed by atoms with Crippen LogP contribution in [-0.2, 0) is 6.54 Å². The summed E-state index contributed by atoms with van der Waals surface area (Å²) >= 11 is 0. The molecule has 0 aliphatic rings. The Morgan fingerprint density at radius 3 is 2.73 bits per heavy atom. The van der Waals surface area contributed by atoms with E-state index < -0.39 is 0 Å². The monoisotopic (exact) mass is 370 g/mol. The molecule has 0 amide bonds. The van der Waals surface area contributed by atoms with E-state index in [2.05, 4.69) is 33.7 Å². The zero-order chi connectivity index (χ0) is 17.4. The lowest BCUT2D eigenvalue weighted by molar-refractivity contribution is 0.475. The number of phenols is 1. The number of hydrogen-bond donors (Lipinski definition) is 2. The van der Waals surface area contributed by atoms with Crippen molar-refractivity contribution < 1.29 is 9.52 Å². The first-order valence-corrected chi connectivity index (χ1v) is 8.02.